The quantitative estimate of drug-likeness (QED) is 0.803. The minimum Gasteiger partial charge on any atom is -0.309 e. The predicted octanol–water partition coefficient (Wildman–Crippen LogP) is 3.88. The number of rotatable bonds is 6. The number of hydrogen-bond acceptors (Lipinski definition) is 3. The summed E-state index contributed by atoms with van der Waals surface area (Å²) in [5, 5.41) is 4.36. The van der Waals surface area contributed by atoms with Crippen molar-refractivity contribution in [1.82, 2.24) is 10.2 Å². The van der Waals surface area contributed by atoms with Crippen LogP contribution in [0.3, 0.4) is 0 Å². The standard InChI is InChI=1S/C15H25ClN2S/c1-15(2,3)17-11-12-13(16)7-6-8-14(12)19-10-9-18(4)5/h6-8,17H,9-11H2,1-5H3. The molecule has 1 aromatic carbocycles. The van der Waals surface area contributed by atoms with Gasteiger partial charge in [-0.05, 0) is 52.6 Å². The highest BCUT2D eigenvalue weighted by Crippen LogP contribution is 2.28. The fourth-order valence-electron chi connectivity index (χ4n) is 1.54. The molecule has 4 heteroatoms. The van der Waals surface area contributed by atoms with E-state index in [2.05, 4.69) is 51.1 Å². The van der Waals surface area contributed by atoms with E-state index in [-0.39, 0.29) is 5.54 Å². The van der Waals surface area contributed by atoms with Crippen molar-refractivity contribution in [2.75, 3.05) is 26.4 Å². The van der Waals surface area contributed by atoms with Crippen LogP contribution < -0.4 is 5.32 Å². The van der Waals surface area contributed by atoms with Gasteiger partial charge in [0.15, 0.2) is 0 Å². The lowest BCUT2D eigenvalue weighted by atomic mass is 10.1. The van der Waals surface area contributed by atoms with Crippen molar-refractivity contribution in [2.45, 2.75) is 37.8 Å². The highest BCUT2D eigenvalue weighted by atomic mass is 35.5. The molecule has 0 spiro atoms. The number of halogens is 1. The van der Waals surface area contributed by atoms with Crippen LogP contribution in [-0.2, 0) is 6.54 Å². The summed E-state index contributed by atoms with van der Waals surface area (Å²) in [5.41, 5.74) is 1.31. The van der Waals surface area contributed by atoms with Gasteiger partial charge in [0, 0.05) is 34.3 Å². The van der Waals surface area contributed by atoms with E-state index in [1.165, 1.54) is 10.5 Å². The van der Waals surface area contributed by atoms with Crippen molar-refractivity contribution in [3.05, 3.63) is 28.8 Å². The number of thioether (sulfide) groups is 1. The maximum absolute atomic E-state index is 6.34. The first-order valence-electron chi connectivity index (χ1n) is 6.59. The summed E-state index contributed by atoms with van der Waals surface area (Å²) in [6.07, 6.45) is 0. The van der Waals surface area contributed by atoms with Crippen LogP contribution in [0.15, 0.2) is 23.1 Å². The van der Waals surface area contributed by atoms with Gasteiger partial charge in [-0.15, -0.1) is 11.8 Å². The van der Waals surface area contributed by atoms with Crippen molar-refractivity contribution in [3.8, 4) is 0 Å². The van der Waals surface area contributed by atoms with Gasteiger partial charge >= 0.3 is 0 Å². The Hall–Kier alpha value is -0.220. The maximum Gasteiger partial charge on any atom is 0.0462 e. The minimum atomic E-state index is 0.102. The van der Waals surface area contributed by atoms with Crippen molar-refractivity contribution < 1.29 is 0 Å². The Bertz CT molecular complexity index is 400. The molecule has 0 saturated heterocycles. The van der Waals surface area contributed by atoms with Crippen LogP contribution in [0, 0.1) is 0 Å². The van der Waals surface area contributed by atoms with Crippen LogP contribution in [0.5, 0.6) is 0 Å². The minimum absolute atomic E-state index is 0.102. The lowest BCUT2D eigenvalue weighted by molar-refractivity contribution is 0.422. The third-order valence-electron chi connectivity index (χ3n) is 2.67. The molecule has 19 heavy (non-hydrogen) atoms. The second kappa shape index (κ2) is 7.53. The van der Waals surface area contributed by atoms with Gasteiger partial charge in [-0.3, -0.25) is 0 Å². The molecule has 0 aliphatic carbocycles. The molecule has 0 saturated carbocycles. The molecule has 2 nitrogen and oxygen atoms in total. The summed E-state index contributed by atoms with van der Waals surface area (Å²) in [4.78, 5) is 3.48. The number of benzene rings is 1. The number of hydrogen-bond donors (Lipinski definition) is 1. The highest BCUT2D eigenvalue weighted by Gasteiger charge is 2.13. The van der Waals surface area contributed by atoms with Gasteiger partial charge in [0.25, 0.3) is 0 Å². The molecule has 0 fully saturated rings. The van der Waals surface area contributed by atoms with E-state index in [9.17, 15) is 0 Å². The molecule has 0 amide bonds. The van der Waals surface area contributed by atoms with E-state index in [4.69, 9.17) is 11.6 Å². The molecule has 0 unspecified atom stereocenters. The highest BCUT2D eigenvalue weighted by molar-refractivity contribution is 7.99. The Balaban J connectivity index is 2.72. The molecule has 0 heterocycles. The largest absolute Gasteiger partial charge is 0.309 e. The van der Waals surface area contributed by atoms with Crippen molar-refractivity contribution in [1.29, 1.82) is 0 Å². The summed E-state index contributed by atoms with van der Waals surface area (Å²) in [7, 11) is 4.20. The predicted molar refractivity (Wildman–Crippen MR) is 87.3 cm³/mol. The molecule has 0 aromatic heterocycles. The van der Waals surface area contributed by atoms with Gasteiger partial charge in [-0.25, -0.2) is 0 Å². The van der Waals surface area contributed by atoms with E-state index in [1.807, 2.05) is 23.9 Å². The van der Waals surface area contributed by atoms with Crippen LogP contribution in [0.25, 0.3) is 0 Å². The van der Waals surface area contributed by atoms with Crippen LogP contribution in [0.2, 0.25) is 5.02 Å². The van der Waals surface area contributed by atoms with Crippen molar-refractivity contribution in [2.24, 2.45) is 0 Å². The Labute approximate surface area is 126 Å². The third kappa shape index (κ3) is 6.66. The molecular formula is C15H25ClN2S. The molecule has 1 N–H and O–H groups in total. The van der Waals surface area contributed by atoms with E-state index >= 15 is 0 Å². The topological polar surface area (TPSA) is 15.3 Å². The van der Waals surface area contributed by atoms with Gasteiger partial charge in [-0.2, -0.15) is 0 Å². The Morgan fingerprint density at radius 1 is 1.26 bits per heavy atom. The smallest absolute Gasteiger partial charge is 0.0462 e. The normalized spacial score (nSPS) is 12.2. The molecular weight excluding hydrogens is 276 g/mol. The fraction of sp³-hybridized carbons (Fsp3) is 0.600. The van der Waals surface area contributed by atoms with E-state index in [0.29, 0.717) is 0 Å². The maximum atomic E-state index is 6.34. The zero-order valence-corrected chi connectivity index (χ0v) is 14.2. The zero-order chi connectivity index (χ0) is 14.5. The molecule has 0 atom stereocenters. The first kappa shape index (κ1) is 16.8. The second-order valence-electron chi connectivity index (χ2n) is 5.97. The number of nitrogens with one attached hydrogen (secondary N) is 1. The molecule has 0 radical (unpaired) electrons. The SMILES string of the molecule is CN(C)CCSc1cccc(Cl)c1CNC(C)(C)C. The first-order chi connectivity index (χ1) is 8.79. The Morgan fingerprint density at radius 3 is 2.53 bits per heavy atom. The molecule has 108 valence electrons. The summed E-state index contributed by atoms with van der Waals surface area (Å²) < 4.78 is 0. The van der Waals surface area contributed by atoms with Gasteiger partial charge in [-0.1, -0.05) is 17.7 Å². The van der Waals surface area contributed by atoms with Gasteiger partial charge in [0.05, 0.1) is 0 Å². The fourth-order valence-corrected chi connectivity index (χ4v) is 3.04. The summed E-state index contributed by atoms with van der Waals surface area (Å²) in [6.45, 7) is 8.39. The molecule has 1 aromatic rings. The summed E-state index contributed by atoms with van der Waals surface area (Å²) in [6, 6.07) is 6.16. The monoisotopic (exact) mass is 300 g/mol. The van der Waals surface area contributed by atoms with Crippen molar-refractivity contribution in [3.63, 3.8) is 0 Å². The molecule has 0 aliphatic heterocycles. The zero-order valence-electron chi connectivity index (χ0n) is 12.6. The Kier molecular flexibility index (Phi) is 6.67. The van der Waals surface area contributed by atoms with E-state index in [1.54, 1.807) is 0 Å². The lowest BCUT2D eigenvalue weighted by Crippen LogP contribution is -2.35. The lowest BCUT2D eigenvalue weighted by Gasteiger charge is -2.22. The van der Waals surface area contributed by atoms with Gasteiger partial charge < -0.3 is 10.2 Å². The number of nitrogens with zero attached hydrogens (tertiary/aromatic N) is 1. The third-order valence-corrected chi connectivity index (χ3v) is 4.10. The van der Waals surface area contributed by atoms with Gasteiger partial charge in [0.1, 0.15) is 0 Å². The van der Waals surface area contributed by atoms with E-state index < -0.39 is 0 Å². The average Bonchev–Trinajstić information content (AvgIpc) is 2.26. The molecule has 0 bridgehead atoms. The molecule has 0 aliphatic rings. The Morgan fingerprint density at radius 2 is 1.95 bits per heavy atom. The van der Waals surface area contributed by atoms with Crippen LogP contribution in [-0.4, -0.2) is 36.8 Å². The second-order valence-corrected chi connectivity index (χ2v) is 7.52. The molecule has 1 rings (SSSR count). The summed E-state index contributed by atoms with van der Waals surface area (Å²) >= 11 is 8.21. The summed E-state index contributed by atoms with van der Waals surface area (Å²) in [5.74, 6) is 1.08. The van der Waals surface area contributed by atoms with Crippen LogP contribution in [0.1, 0.15) is 26.3 Å². The van der Waals surface area contributed by atoms with Crippen LogP contribution >= 0.6 is 23.4 Å². The van der Waals surface area contributed by atoms with Gasteiger partial charge in [0.2, 0.25) is 0 Å². The first-order valence-corrected chi connectivity index (χ1v) is 7.96. The van der Waals surface area contributed by atoms with Crippen molar-refractivity contribution >= 4 is 23.4 Å². The van der Waals surface area contributed by atoms with Crippen LogP contribution in [0.4, 0.5) is 0 Å². The average molecular weight is 301 g/mol. The van der Waals surface area contributed by atoms with E-state index in [0.717, 1.165) is 23.9 Å².